The summed E-state index contributed by atoms with van der Waals surface area (Å²) in [5.41, 5.74) is 4.00. The topological polar surface area (TPSA) is 46.1 Å². The molecular formula is C15H19N3O. The highest BCUT2D eigenvalue weighted by Crippen LogP contribution is 2.18. The van der Waals surface area contributed by atoms with E-state index in [1.165, 1.54) is 5.56 Å². The summed E-state index contributed by atoms with van der Waals surface area (Å²) in [4.78, 5) is 11.6. The number of amides is 1. The third kappa shape index (κ3) is 3.16. The zero-order valence-corrected chi connectivity index (χ0v) is 11.5. The Bertz CT molecular complexity index is 587. The summed E-state index contributed by atoms with van der Waals surface area (Å²) >= 11 is 0. The summed E-state index contributed by atoms with van der Waals surface area (Å²) in [6.07, 6.45) is 4.09. The summed E-state index contributed by atoms with van der Waals surface area (Å²) in [6.45, 7) is 2.78. The predicted octanol–water partition coefficient (Wildman–Crippen LogP) is 2.31. The van der Waals surface area contributed by atoms with E-state index in [0.29, 0.717) is 5.56 Å². The fraction of sp³-hybridized carbons (Fsp3) is 0.267. The van der Waals surface area contributed by atoms with Crippen molar-refractivity contribution in [3.8, 4) is 0 Å². The number of nitrogens with zero attached hydrogens (tertiary/aromatic N) is 1. The molecule has 1 aromatic carbocycles. The molecule has 0 saturated heterocycles. The molecule has 1 amide bonds. The van der Waals surface area contributed by atoms with Crippen LogP contribution in [0, 0.1) is 6.92 Å². The molecule has 0 bridgehead atoms. The van der Waals surface area contributed by atoms with Crippen molar-refractivity contribution in [2.75, 3.05) is 12.4 Å². The summed E-state index contributed by atoms with van der Waals surface area (Å²) < 4.78 is 2.02. The number of rotatable bonds is 4. The zero-order chi connectivity index (χ0) is 13.8. The summed E-state index contributed by atoms with van der Waals surface area (Å²) in [6, 6.07) is 7.75. The fourth-order valence-electron chi connectivity index (χ4n) is 1.96. The predicted molar refractivity (Wildman–Crippen MR) is 77.3 cm³/mol. The Hall–Kier alpha value is -2.23. The lowest BCUT2D eigenvalue weighted by Crippen LogP contribution is -2.18. The standard InChI is InChI=1S/C15H19N3O/c1-11-4-5-13(15(19)16-2)8-14(11)17-9-12-6-7-18(3)10-12/h4-8,10,17H,9H2,1-3H3,(H,16,19). The number of carbonyl (C=O) groups is 1. The highest BCUT2D eigenvalue weighted by Gasteiger charge is 2.06. The number of nitrogens with one attached hydrogen (secondary N) is 2. The molecule has 0 unspecified atom stereocenters. The number of hydrogen-bond acceptors (Lipinski definition) is 2. The normalized spacial score (nSPS) is 10.3. The molecule has 19 heavy (non-hydrogen) atoms. The van der Waals surface area contributed by atoms with Gasteiger partial charge < -0.3 is 15.2 Å². The Morgan fingerprint density at radius 1 is 1.32 bits per heavy atom. The van der Waals surface area contributed by atoms with Crippen molar-refractivity contribution in [3.63, 3.8) is 0 Å². The molecule has 4 heteroatoms. The molecule has 2 N–H and O–H groups in total. The summed E-state index contributed by atoms with van der Waals surface area (Å²) in [7, 11) is 3.64. The molecule has 0 radical (unpaired) electrons. The molecule has 0 fully saturated rings. The van der Waals surface area contributed by atoms with E-state index in [0.717, 1.165) is 17.8 Å². The van der Waals surface area contributed by atoms with Crippen LogP contribution in [0.15, 0.2) is 36.7 Å². The molecule has 1 heterocycles. The van der Waals surface area contributed by atoms with Crippen molar-refractivity contribution in [2.45, 2.75) is 13.5 Å². The van der Waals surface area contributed by atoms with Crippen LogP contribution >= 0.6 is 0 Å². The molecule has 0 atom stereocenters. The third-order valence-corrected chi connectivity index (χ3v) is 3.10. The Kier molecular flexibility index (Phi) is 3.90. The van der Waals surface area contributed by atoms with Gasteiger partial charge >= 0.3 is 0 Å². The quantitative estimate of drug-likeness (QED) is 0.883. The first-order chi connectivity index (χ1) is 9.10. The van der Waals surface area contributed by atoms with Gasteiger partial charge in [-0.3, -0.25) is 4.79 Å². The fourth-order valence-corrected chi connectivity index (χ4v) is 1.96. The minimum atomic E-state index is -0.0669. The monoisotopic (exact) mass is 257 g/mol. The average Bonchev–Trinajstić information content (AvgIpc) is 2.82. The second-order valence-electron chi connectivity index (χ2n) is 4.65. The Balaban J connectivity index is 2.12. The van der Waals surface area contributed by atoms with Crippen LogP contribution in [-0.2, 0) is 13.6 Å². The van der Waals surface area contributed by atoms with Crippen LogP contribution in [0.25, 0.3) is 0 Å². The molecule has 0 aliphatic heterocycles. The van der Waals surface area contributed by atoms with Gasteiger partial charge in [-0.2, -0.15) is 0 Å². The zero-order valence-electron chi connectivity index (χ0n) is 11.5. The molecule has 0 saturated carbocycles. The lowest BCUT2D eigenvalue weighted by molar-refractivity contribution is 0.0963. The van der Waals surface area contributed by atoms with Gasteiger partial charge in [0.05, 0.1) is 0 Å². The van der Waals surface area contributed by atoms with E-state index in [2.05, 4.69) is 22.9 Å². The minimum absolute atomic E-state index is 0.0669. The highest BCUT2D eigenvalue weighted by molar-refractivity contribution is 5.95. The van der Waals surface area contributed by atoms with Crippen molar-refractivity contribution in [1.29, 1.82) is 0 Å². The van der Waals surface area contributed by atoms with Crippen LogP contribution in [0.1, 0.15) is 21.5 Å². The van der Waals surface area contributed by atoms with Crippen LogP contribution in [-0.4, -0.2) is 17.5 Å². The average molecular weight is 257 g/mol. The molecule has 0 aliphatic rings. The van der Waals surface area contributed by atoms with Gasteiger partial charge in [0.15, 0.2) is 0 Å². The van der Waals surface area contributed by atoms with Crippen molar-refractivity contribution in [2.24, 2.45) is 7.05 Å². The second-order valence-corrected chi connectivity index (χ2v) is 4.65. The number of carbonyl (C=O) groups excluding carboxylic acids is 1. The number of aromatic nitrogens is 1. The van der Waals surface area contributed by atoms with Crippen molar-refractivity contribution < 1.29 is 4.79 Å². The van der Waals surface area contributed by atoms with Gasteiger partial charge in [0.2, 0.25) is 0 Å². The summed E-state index contributed by atoms with van der Waals surface area (Å²) in [5.74, 6) is -0.0669. The number of aryl methyl sites for hydroxylation is 2. The maximum absolute atomic E-state index is 11.6. The van der Waals surface area contributed by atoms with E-state index in [1.54, 1.807) is 7.05 Å². The molecule has 0 aliphatic carbocycles. The van der Waals surface area contributed by atoms with Gasteiger partial charge in [-0.25, -0.2) is 0 Å². The highest BCUT2D eigenvalue weighted by atomic mass is 16.1. The molecule has 4 nitrogen and oxygen atoms in total. The molecule has 100 valence electrons. The van der Waals surface area contributed by atoms with Crippen LogP contribution < -0.4 is 10.6 Å². The van der Waals surface area contributed by atoms with Crippen LogP contribution in [0.3, 0.4) is 0 Å². The molecule has 2 rings (SSSR count). The van der Waals surface area contributed by atoms with E-state index in [-0.39, 0.29) is 5.91 Å². The van der Waals surface area contributed by atoms with Crippen LogP contribution in [0.2, 0.25) is 0 Å². The maximum atomic E-state index is 11.6. The molecule has 2 aromatic rings. The lowest BCUT2D eigenvalue weighted by Gasteiger charge is -2.10. The van der Waals surface area contributed by atoms with Gasteiger partial charge in [0.25, 0.3) is 5.91 Å². The summed E-state index contributed by atoms with van der Waals surface area (Å²) in [5, 5.41) is 6.00. The number of anilines is 1. The van der Waals surface area contributed by atoms with Crippen molar-refractivity contribution in [3.05, 3.63) is 53.3 Å². The van der Waals surface area contributed by atoms with E-state index in [9.17, 15) is 4.79 Å². The van der Waals surface area contributed by atoms with Gasteiger partial charge in [-0.05, 0) is 36.2 Å². The Labute approximate surface area is 113 Å². The van der Waals surface area contributed by atoms with Gasteiger partial charge in [0, 0.05) is 44.3 Å². The minimum Gasteiger partial charge on any atom is -0.381 e. The van der Waals surface area contributed by atoms with E-state index in [4.69, 9.17) is 0 Å². The Morgan fingerprint density at radius 3 is 2.74 bits per heavy atom. The third-order valence-electron chi connectivity index (χ3n) is 3.10. The first-order valence-corrected chi connectivity index (χ1v) is 6.27. The van der Waals surface area contributed by atoms with Crippen LogP contribution in [0.4, 0.5) is 5.69 Å². The SMILES string of the molecule is CNC(=O)c1ccc(C)c(NCc2ccn(C)c2)c1. The number of hydrogen-bond donors (Lipinski definition) is 2. The Morgan fingerprint density at radius 2 is 2.11 bits per heavy atom. The second kappa shape index (κ2) is 5.61. The van der Waals surface area contributed by atoms with E-state index >= 15 is 0 Å². The maximum Gasteiger partial charge on any atom is 0.251 e. The first kappa shape index (κ1) is 13.2. The van der Waals surface area contributed by atoms with E-state index < -0.39 is 0 Å². The molecular weight excluding hydrogens is 238 g/mol. The number of benzene rings is 1. The van der Waals surface area contributed by atoms with Crippen molar-refractivity contribution in [1.82, 2.24) is 9.88 Å². The van der Waals surface area contributed by atoms with E-state index in [1.807, 2.05) is 42.9 Å². The van der Waals surface area contributed by atoms with Gasteiger partial charge in [-0.1, -0.05) is 6.07 Å². The van der Waals surface area contributed by atoms with Crippen molar-refractivity contribution >= 4 is 11.6 Å². The molecule has 1 aromatic heterocycles. The smallest absolute Gasteiger partial charge is 0.251 e. The largest absolute Gasteiger partial charge is 0.381 e. The first-order valence-electron chi connectivity index (χ1n) is 6.27. The molecule has 0 spiro atoms. The van der Waals surface area contributed by atoms with Gasteiger partial charge in [0.1, 0.15) is 0 Å². The van der Waals surface area contributed by atoms with Crippen LogP contribution in [0.5, 0.6) is 0 Å². The lowest BCUT2D eigenvalue weighted by atomic mass is 10.1. The van der Waals surface area contributed by atoms with Gasteiger partial charge in [-0.15, -0.1) is 0 Å².